The van der Waals surface area contributed by atoms with Crippen LogP contribution in [0.5, 0.6) is 17.2 Å². The number of hydrogen-bond acceptors (Lipinski definition) is 4. The van der Waals surface area contributed by atoms with E-state index in [1.165, 1.54) is 18.4 Å². The Bertz CT molecular complexity index is 453. The number of rotatable bonds is 3. The number of nitrogens with two attached hydrogens (primary N) is 1. The van der Waals surface area contributed by atoms with Crippen LogP contribution in [-0.2, 0) is 5.41 Å². The molecule has 3 rings (SSSR count). The van der Waals surface area contributed by atoms with E-state index in [1.54, 1.807) is 7.11 Å². The zero-order chi connectivity index (χ0) is 12.6. The summed E-state index contributed by atoms with van der Waals surface area (Å²) in [6, 6.07) is 4.13. The van der Waals surface area contributed by atoms with Crippen LogP contribution in [0, 0.1) is 0 Å². The van der Waals surface area contributed by atoms with E-state index >= 15 is 0 Å². The van der Waals surface area contributed by atoms with Crippen LogP contribution in [0.1, 0.15) is 31.2 Å². The molecule has 0 bridgehead atoms. The van der Waals surface area contributed by atoms with E-state index in [-0.39, 0.29) is 12.2 Å². The lowest BCUT2D eigenvalue weighted by Gasteiger charge is -2.28. The molecule has 2 N–H and O–H groups in total. The van der Waals surface area contributed by atoms with Gasteiger partial charge >= 0.3 is 0 Å². The van der Waals surface area contributed by atoms with E-state index in [1.807, 2.05) is 0 Å². The number of ether oxygens (including phenoxy) is 3. The lowest BCUT2D eigenvalue weighted by Crippen LogP contribution is -2.31. The topological polar surface area (TPSA) is 53.7 Å². The van der Waals surface area contributed by atoms with Gasteiger partial charge in [0.05, 0.1) is 7.11 Å². The van der Waals surface area contributed by atoms with E-state index in [2.05, 4.69) is 12.1 Å². The van der Waals surface area contributed by atoms with Crippen molar-refractivity contribution in [2.45, 2.75) is 31.1 Å². The summed E-state index contributed by atoms with van der Waals surface area (Å²) >= 11 is 0. The van der Waals surface area contributed by atoms with Crippen LogP contribution in [0.25, 0.3) is 0 Å². The molecule has 0 radical (unpaired) electrons. The van der Waals surface area contributed by atoms with Crippen molar-refractivity contribution in [3.05, 3.63) is 17.7 Å². The summed E-state index contributed by atoms with van der Waals surface area (Å²) in [6.07, 6.45) is 4.78. The molecule has 1 aliphatic heterocycles. The van der Waals surface area contributed by atoms with Gasteiger partial charge in [0.25, 0.3) is 0 Å². The lowest BCUT2D eigenvalue weighted by atomic mass is 9.79. The van der Waals surface area contributed by atoms with Gasteiger partial charge in [-0.2, -0.15) is 0 Å². The molecule has 0 saturated heterocycles. The van der Waals surface area contributed by atoms with E-state index in [0.29, 0.717) is 12.3 Å². The summed E-state index contributed by atoms with van der Waals surface area (Å²) in [5.74, 6) is 2.25. The highest BCUT2D eigenvalue weighted by atomic mass is 16.7. The fourth-order valence-electron chi connectivity index (χ4n) is 3.10. The van der Waals surface area contributed by atoms with Gasteiger partial charge in [0.2, 0.25) is 12.5 Å². The molecule has 98 valence electrons. The van der Waals surface area contributed by atoms with Crippen LogP contribution in [-0.4, -0.2) is 20.4 Å². The quantitative estimate of drug-likeness (QED) is 0.892. The molecule has 1 aliphatic carbocycles. The van der Waals surface area contributed by atoms with Crippen LogP contribution >= 0.6 is 0 Å². The second-order valence-corrected chi connectivity index (χ2v) is 5.10. The van der Waals surface area contributed by atoms with E-state index in [0.717, 1.165) is 24.3 Å². The Kier molecular flexibility index (Phi) is 2.82. The summed E-state index contributed by atoms with van der Waals surface area (Å²) in [4.78, 5) is 0. The Morgan fingerprint density at radius 2 is 2.06 bits per heavy atom. The van der Waals surface area contributed by atoms with Crippen LogP contribution in [0.3, 0.4) is 0 Å². The van der Waals surface area contributed by atoms with Crippen molar-refractivity contribution < 1.29 is 14.2 Å². The maximum atomic E-state index is 6.02. The van der Waals surface area contributed by atoms with Crippen molar-refractivity contribution in [1.82, 2.24) is 0 Å². The number of methoxy groups -OCH3 is 1. The van der Waals surface area contributed by atoms with Crippen molar-refractivity contribution in [3.63, 3.8) is 0 Å². The van der Waals surface area contributed by atoms with Crippen molar-refractivity contribution in [2.24, 2.45) is 5.73 Å². The molecule has 18 heavy (non-hydrogen) atoms. The van der Waals surface area contributed by atoms with Crippen LogP contribution < -0.4 is 19.9 Å². The summed E-state index contributed by atoms with van der Waals surface area (Å²) < 4.78 is 16.3. The lowest BCUT2D eigenvalue weighted by molar-refractivity contribution is 0.171. The minimum atomic E-state index is 0.0915. The molecular formula is C14H19NO3. The van der Waals surface area contributed by atoms with E-state index in [4.69, 9.17) is 19.9 Å². The molecule has 1 heterocycles. The molecule has 4 heteroatoms. The smallest absolute Gasteiger partial charge is 0.231 e. The van der Waals surface area contributed by atoms with Gasteiger partial charge in [-0.3, -0.25) is 0 Å². The Morgan fingerprint density at radius 3 is 2.72 bits per heavy atom. The molecule has 1 aromatic carbocycles. The Labute approximate surface area is 107 Å². The summed E-state index contributed by atoms with van der Waals surface area (Å²) in [6.45, 7) is 0.945. The first kappa shape index (κ1) is 11.7. The van der Waals surface area contributed by atoms with Crippen molar-refractivity contribution in [1.29, 1.82) is 0 Å². The molecule has 1 fully saturated rings. The molecule has 1 aromatic rings. The highest BCUT2D eigenvalue weighted by molar-refractivity contribution is 5.56. The third-order valence-electron chi connectivity index (χ3n) is 4.22. The zero-order valence-electron chi connectivity index (χ0n) is 10.7. The van der Waals surface area contributed by atoms with Gasteiger partial charge in [-0.15, -0.1) is 0 Å². The number of hydrogen-bond donors (Lipinski definition) is 1. The normalized spacial score (nSPS) is 20.1. The van der Waals surface area contributed by atoms with E-state index < -0.39 is 0 Å². The molecule has 0 aromatic heterocycles. The molecule has 2 aliphatic rings. The van der Waals surface area contributed by atoms with Crippen molar-refractivity contribution in [3.8, 4) is 17.2 Å². The molecule has 0 atom stereocenters. The Balaban J connectivity index is 2.07. The minimum absolute atomic E-state index is 0.0915. The van der Waals surface area contributed by atoms with Gasteiger partial charge in [0, 0.05) is 12.0 Å². The molecular weight excluding hydrogens is 230 g/mol. The van der Waals surface area contributed by atoms with Crippen LogP contribution in [0.2, 0.25) is 0 Å². The van der Waals surface area contributed by atoms with Crippen LogP contribution in [0.15, 0.2) is 12.1 Å². The first-order valence-electron chi connectivity index (χ1n) is 6.47. The second-order valence-electron chi connectivity index (χ2n) is 5.10. The largest absolute Gasteiger partial charge is 0.493 e. The molecule has 0 unspecified atom stereocenters. The fourth-order valence-corrected chi connectivity index (χ4v) is 3.10. The van der Waals surface area contributed by atoms with Gasteiger partial charge in [-0.1, -0.05) is 12.8 Å². The Morgan fingerprint density at radius 1 is 1.28 bits per heavy atom. The summed E-state index contributed by atoms with van der Waals surface area (Å²) in [5.41, 5.74) is 7.34. The maximum Gasteiger partial charge on any atom is 0.231 e. The van der Waals surface area contributed by atoms with Gasteiger partial charge in [-0.25, -0.2) is 0 Å². The predicted octanol–water partition coefficient (Wildman–Crippen LogP) is 2.19. The first-order valence-corrected chi connectivity index (χ1v) is 6.47. The van der Waals surface area contributed by atoms with Gasteiger partial charge in [-0.05, 0) is 30.5 Å². The maximum absolute atomic E-state index is 6.02. The standard InChI is InChI=1S/C14H19NO3/c1-16-11-6-10(7-12-13(11)18-9-17-12)14(8-15)4-2-3-5-14/h6-7H,2-5,8-9,15H2,1H3. The fraction of sp³-hybridized carbons (Fsp3) is 0.571. The summed E-state index contributed by atoms with van der Waals surface area (Å²) in [5, 5.41) is 0. The monoisotopic (exact) mass is 249 g/mol. The predicted molar refractivity (Wildman–Crippen MR) is 68.3 cm³/mol. The summed E-state index contributed by atoms with van der Waals surface area (Å²) in [7, 11) is 1.66. The molecule has 4 nitrogen and oxygen atoms in total. The third kappa shape index (κ3) is 1.63. The molecule has 0 amide bonds. The highest BCUT2D eigenvalue weighted by Gasteiger charge is 2.36. The second kappa shape index (κ2) is 4.35. The minimum Gasteiger partial charge on any atom is -0.493 e. The molecule has 0 spiro atoms. The van der Waals surface area contributed by atoms with Crippen molar-refractivity contribution >= 4 is 0 Å². The first-order chi connectivity index (χ1) is 8.79. The van der Waals surface area contributed by atoms with Gasteiger partial charge in [0.1, 0.15) is 0 Å². The number of fused-ring (bicyclic) bond motifs is 1. The average molecular weight is 249 g/mol. The zero-order valence-corrected chi connectivity index (χ0v) is 10.7. The SMILES string of the molecule is COc1cc(C2(CN)CCCC2)cc2c1OCO2. The third-order valence-corrected chi connectivity index (χ3v) is 4.22. The van der Waals surface area contributed by atoms with Gasteiger partial charge in [0.15, 0.2) is 11.5 Å². The Hall–Kier alpha value is -1.42. The highest BCUT2D eigenvalue weighted by Crippen LogP contribution is 2.48. The van der Waals surface area contributed by atoms with Crippen LogP contribution in [0.4, 0.5) is 0 Å². The average Bonchev–Trinajstić information content (AvgIpc) is 3.06. The molecule has 1 saturated carbocycles. The van der Waals surface area contributed by atoms with Crippen molar-refractivity contribution in [2.75, 3.05) is 20.4 Å². The van der Waals surface area contributed by atoms with E-state index in [9.17, 15) is 0 Å². The number of benzene rings is 1. The van der Waals surface area contributed by atoms with Gasteiger partial charge < -0.3 is 19.9 Å².